The zero-order chi connectivity index (χ0) is 18.8. The molecule has 1 atom stereocenters. The summed E-state index contributed by atoms with van der Waals surface area (Å²) >= 11 is 1.60. The molecule has 0 aliphatic carbocycles. The van der Waals surface area contributed by atoms with Crippen LogP contribution in [0, 0.1) is 13.8 Å². The van der Waals surface area contributed by atoms with E-state index >= 15 is 0 Å². The first-order chi connectivity index (χ1) is 13.2. The predicted molar refractivity (Wildman–Crippen MR) is 109 cm³/mol. The third-order valence-corrected chi connectivity index (χ3v) is 5.53. The van der Waals surface area contributed by atoms with Crippen molar-refractivity contribution in [2.24, 2.45) is 0 Å². The van der Waals surface area contributed by atoms with Crippen molar-refractivity contribution >= 4 is 17.4 Å². The number of ether oxygens (including phenoxy) is 1. The van der Waals surface area contributed by atoms with E-state index < -0.39 is 0 Å². The van der Waals surface area contributed by atoms with Crippen LogP contribution < -0.4 is 10.1 Å². The highest BCUT2D eigenvalue weighted by atomic mass is 32.2. The van der Waals surface area contributed by atoms with Gasteiger partial charge >= 0.3 is 0 Å². The molecule has 6 heteroatoms. The number of rotatable bonds is 4. The summed E-state index contributed by atoms with van der Waals surface area (Å²) < 4.78 is 6.34. The number of para-hydroxylation sites is 1. The first-order valence-corrected chi connectivity index (χ1v) is 10.1. The Morgan fingerprint density at radius 3 is 2.81 bits per heavy atom. The molecule has 1 aliphatic rings. The normalized spacial score (nSPS) is 15.1. The summed E-state index contributed by atoms with van der Waals surface area (Å²) in [6, 6.07) is 14.4. The quantitative estimate of drug-likeness (QED) is 0.633. The number of nitrogens with zero attached hydrogens (tertiary/aromatic N) is 3. The van der Waals surface area contributed by atoms with Gasteiger partial charge in [0.1, 0.15) is 0 Å². The third-order valence-electron chi connectivity index (χ3n) is 4.49. The maximum Gasteiger partial charge on any atom is 0.247 e. The molecule has 0 fully saturated rings. The van der Waals surface area contributed by atoms with Crippen molar-refractivity contribution in [3.8, 4) is 17.1 Å². The Morgan fingerprint density at radius 2 is 1.96 bits per heavy atom. The van der Waals surface area contributed by atoms with Crippen LogP contribution in [0.3, 0.4) is 0 Å². The number of benzene rings is 2. The van der Waals surface area contributed by atoms with Gasteiger partial charge in [0.2, 0.25) is 11.0 Å². The van der Waals surface area contributed by atoms with E-state index in [1.54, 1.807) is 11.8 Å². The highest BCUT2D eigenvalue weighted by Crippen LogP contribution is 2.40. The van der Waals surface area contributed by atoms with Gasteiger partial charge in [-0.25, -0.2) is 0 Å². The molecule has 3 aromatic rings. The maximum atomic E-state index is 6.34. The maximum absolute atomic E-state index is 6.34. The topological polar surface area (TPSA) is 59.9 Å². The van der Waals surface area contributed by atoms with E-state index in [0.717, 1.165) is 29.0 Å². The highest BCUT2D eigenvalue weighted by molar-refractivity contribution is 7.99. The summed E-state index contributed by atoms with van der Waals surface area (Å²) in [6.45, 7) is 6.32. The summed E-state index contributed by atoms with van der Waals surface area (Å²) in [5, 5.41) is 12.9. The largest absolute Gasteiger partial charge is 0.448 e. The van der Waals surface area contributed by atoms with Crippen molar-refractivity contribution in [1.82, 2.24) is 15.2 Å². The first-order valence-electron chi connectivity index (χ1n) is 9.13. The van der Waals surface area contributed by atoms with Crippen LogP contribution in [0.4, 0.5) is 5.69 Å². The molecule has 0 bridgehead atoms. The first kappa shape index (κ1) is 17.8. The van der Waals surface area contributed by atoms with Gasteiger partial charge in [0.25, 0.3) is 0 Å². The molecule has 2 heterocycles. The van der Waals surface area contributed by atoms with E-state index in [-0.39, 0.29) is 6.23 Å². The van der Waals surface area contributed by atoms with E-state index in [9.17, 15) is 0 Å². The van der Waals surface area contributed by atoms with Gasteiger partial charge < -0.3 is 10.1 Å². The van der Waals surface area contributed by atoms with Crippen molar-refractivity contribution in [2.45, 2.75) is 38.6 Å². The minimum atomic E-state index is -0.340. The van der Waals surface area contributed by atoms with E-state index in [0.29, 0.717) is 16.7 Å². The Morgan fingerprint density at radius 1 is 1.11 bits per heavy atom. The van der Waals surface area contributed by atoms with Crippen molar-refractivity contribution in [3.05, 3.63) is 59.2 Å². The van der Waals surface area contributed by atoms with Crippen molar-refractivity contribution in [2.75, 3.05) is 11.1 Å². The molecule has 1 aromatic heterocycles. The predicted octanol–water partition coefficient (Wildman–Crippen LogP) is 5.16. The molecule has 5 nitrogen and oxygen atoms in total. The summed E-state index contributed by atoms with van der Waals surface area (Å²) in [7, 11) is 0. The lowest BCUT2D eigenvalue weighted by Gasteiger charge is -2.21. The average Bonchev–Trinajstić information content (AvgIpc) is 2.84. The van der Waals surface area contributed by atoms with Crippen LogP contribution in [0.15, 0.2) is 47.6 Å². The van der Waals surface area contributed by atoms with Gasteiger partial charge in [0.05, 0.1) is 0 Å². The second-order valence-corrected chi connectivity index (χ2v) is 7.71. The van der Waals surface area contributed by atoms with Crippen LogP contribution in [-0.2, 0) is 0 Å². The second-order valence-electron chi connectivity index (χ2n) is 6.64. The van der Waals surface area contributed by atoms with Crippen molar-refractivity contribution in [3.63, 3.8) is 0 Å². The molecule has 2 aromatic carbocycles. The third kappa shape index (κ3) is 3.62. The lowest BCUT2D eigenvalue weighted by Crippen LogP contribution is -2.18. The fourth-order valence-electron chi connectivity index (χ4n) is 3.08. The smallest absolute Gasteiger partial charge is 0.247 e. The molecule has 0 radical (unpaired) electrons. The van der Waals surface area contributed by atoms with E-state index in [1.807, 2.05) is 24.3 Å². The standard InChI is InChI=1S/C21H22N4OS/c1-4-11-27-21-23-20-18(24-25-21)15-7-5-6-8-17(15)22-19(26-20)16-12-13(2)9-10-14(16)3/h5-10,12,19,22H,4,11H2,1-3H3. The molecule has 1 unspecified atom stereocenters. The van der Waals surface area contributed by atoms with E-state index in [2.05, 4.69) is 59.5 Å². The van der Waals surface area contributed by atoms with Gasteiger partial charge in [-0.15, -0.1) is 10.2 Å². The van der Waals surface area contributed by atoms with Crippen LogP contribution >= 0.6 is 11.8 Å². The van der Waals surface area contributed by atoms with Crippen LogP contribution in [-0.4, -0.2) is 20.9 Å². The van der Waals surface area contributed by atoms with Crippen LogP contribution in [0.1, 0.15) is 36.3 Å². The Labute approximate surface area is 163 Å². The molecule has 0 amide bonds. The SMILES string of the molecule is CCCSc1nnc2c(n1)OC(c1cc(C)ccc1C)Nc1ccccc1-2. The minimum absolute atomic E-state index is 0.340. The fraction of sp³-hybridized carbons (Fsp3) is 0.286. The number of aromatic nitrogens is 3. The number of anilines is 1. The van der Waals surface area contributed by atoms with Crippen molar-refractivity contribution in [1.29, 1.82) is 0 Å². The van der Waals surface area contributed by atoms with Crippen LogP contribution in [0.25, 0.3) is 11.3 Å². The highest BCUT2D eigenvalue weighted by Gasteiger charge is 2.26. The molecule has 0 spiro atoms. The average molecular weight is 379 g/mol. The van der Waals surface area contributed by atoms with Gasteiger partial charge in [-0.2, -0.15) is 4.98 Å². The van der Waals surface area contributed by atoms with Gasteiger partial charge in [-0.3, -0.25) is 0 Å². The van der Waals surface area contributed by atoms with Gasteiger partial charge in [0, 0.05) is 22.6 Å². The van der Waals surface area contributed by atoms with Crippen molar-refractivity contribution < 1.29 is 4.74 Å². The molecule has 0 saturated heterocycles. The molecule has 27 heavy (non-hydrogen) atoms. The number of aryl methyl sites for hydroxylation is 2. The number of fused-ring (bicyclic) bond motifs is 3. The van der Waals surface area contributed by atoms with E-state index in [4.69, 9.17) is 4.74 Å². The number of thioether (sulfide) groups is 1. The number of nitrogens with one attached hydrogen (secondary N) is 1. The molecule has 1 aliphatic heterocycles. The van der Waals surface area contributed by atoms with E-state index in [1.165, 1.54) is 11.1 Å². The summed E-state index contributed by atoms with van der Waals surface area (Å²) in [4.78, 5) is 4.66. The lowest BCUT2D eigenvalue weighted by atomic mass is 10.0. The fourth-order valence-corrected chi connectivity index (χ4v) is 3.72. The Balaban J connectivity index is 1.82. The zero-order valence-corrected chi connectivity index (χ0v) is 16.5. The molecular weight excluding hydrogens is 356 g/mol. The summed E-state index contributed by atoms with van der Waals surface area (Å²) in [5.41, 5.74) is 6.05. The molecular formula is C21H22N4OS. The van der Waals surface area contributed by atoms with Crippen LogP contribution in [0.5, 0.6) is 5.88 Å². The zero-order valence-electron chi connectivity index (χ0n) is 15.7. The number of hydrogen-bond donors (Lipinski definition) is 1. The monoisotopic (exact) mass is 378 g/mol. The molecule has 0 saturated carbocycles. The summed E-state index contributed by atoms with van der Waals surface area (Å²) in [6.07, 6.45) is 0.717. The second kappa shape index (κ2) is 7.56. The minimum Gasteiger partial charge on any atom is -0.448 e. The lowest BCUT2D eigenvalue weighted by molar-refractivity contribution is 0.224. The van der Waals surface area contributed by atoms with Gasteiger partial charge in [-0.1, -0.05) is 60.6 Å². The molecule has 1 N–H and O–H groups in total. The Bertz CT molecular complexity index is 976. The van der Waals surface area contributed by atoms with Crippen LogP contribution in [0.2, 0.25) is 0 Å². The van der Waals surface area contributed by atoms with Gasteiger partial charge in [0.15, 0.2) is 11.9 Å². The molecule has 4 rings (SSSR count). The molecule has 138 valence electrons. The summed E-state index contributed by atoms with van der Waals surface area (Å²) in [5.74, 6) is 1.47. The Kier molecular flexibility index (Phi) is 4.99. The Hall–Kier alpha value is -2.60. The number of hydrogen-bond acceptors (Lipinski definition) is 6. The van der Waals surface area contributed by atoms with Gasteiger partial charge in [-0.05, 0) is 31.9 Å².